The van der Waals surface area contributed by atoms with Gasteiger partial charge in [-0.2, -0.15) is 5.10 Å². The molecular weight excluding hydrogens is 248 g/mol. The number of nitrogens with one attached hydrogen (secondary N) is 1. The number of rotatable bonds is 8. The third kappa shape index (κ3) is 6.04. The first-order valence-electron chi connectivity index (χ1n) is 7.89. The maximum Gasteiger partial charge on any atom is 0.138 e. The summed E-state index contributed by atoms with van der Waals surface area (Å²) in [4.78, 5) is 4.42. The van der Waals surface area contributed by atoms with Crippen molar-refractivity contribution < 1.29 is 0 Å². The summed E-state index contributed by atoms with van der Waals surface area (Å²) >= 11 is 0. The van der Waals surface area contributed by atoms with Gasteiger partial charge in [0.2, 0.25) is 0 Å². The van der Waals surface area contributed by atoms with Crippen molar-refractivity contribution in [2.75, 3.05) is 7.05 Å². The maximum absolute atomic E-state index is 4.42. The van der Waals surface area contributed by atoms with Crippen LogP contribution in [0.2, 0.25) is 0 Å². The molecule has 0 aromatic carbocycles. The highest BCUT2D eigenvalue weighted by Crippen LogP contribution is 2.27. The van der Waals surface area contributed by atoms with Crippen LogP contribution in [-0.4, -0.2) is 27.9 Å². The molecule has 0 radical (unpaired) electrons. The zero-order valence-electron chi connectivity index (χ0n) is 14.1. The van der Waals surface area contributed by atoms with Crippen molar-refractivity contribution in [3.63, 3.8) is 0 Å². The van der Waals surface area contributed by atoms with Gasteiger partial charge in [0.25, 0.3) is 0 Å². The van der Waals surface area contributed by atoms with Crippen molar-refractivity contribution in [1.82, 2.24) is 20.1 Å². The van der Waals surface area contributed by atoms with Gasteiger partial charge in [-0.05, 0) is 37.6 Å². The summed E-state index contributed by atoms with van der Waals surface area (Å²) in [6, 6.07) is 0.479. The Labute approximate surface area is 124 Å². The highest BCUT2D eigenvalue weighted by atomic mass is 15.3. The smallest absolute Gasteiger partial charge is 0.138 e. The molecule has 0 aliphatic rings. The van der Waals surface area contributed by atoms with E-state index in [1.807, 2.05) is 4.68 Å². The Kier molecular flexibility index (Phi) is 6.66. The lowest BCUT2D eigenvalue weighted by molar-refractivity contribution is 0.276. The van der Waals surface area contributed by atoms with Crippen LogP contribution < -0.4 is 5.32 Å². The predicted octanol–water partition coefficient (Wildman–Crippen LogP) is 3.28. The fourth-order valence-electron chi connectivity index (χ4n) is 2.98. The Morgan fingerprint density at radius 3 is 2.60 bits per heavy atom. The van der Waals surface area contributed by atoms with E-state index in [-0.39, 0.29) is 0 Å². The average Bonchev–Trinajstić information content (AvgIpc) is 2.74. The molecule has 0 bridgehead atoms. The second-order valence-corrected chi connectivity index (χ2v) is 7.19. The minimum atomic E-state index is 0.403. The van der Waals surface area contributed by atoms with E-state index in [9.17, 15) is 0 Å². The van der Waals surface area contributed by atoms with Crippen molar-refractivity contribution in [2.24, 2.45) is 11.3 Å². The topological polar surface area (TPSA) is 42.7 Å². The average molecular weight is 280 g/mol. The van der Waals surface area contributed by atoms with Gasteiger partial charge >= 0.3 is 0 Å². The highest BCUT2D eigenvalue weighted by Gasteiger charge is 2.20. The minimum Gasteiger partial charge on any atom is -0.317 e. The minimum absolute atomic E-state index is 0.403. The molecule has 4 heteroatoms. The molecule has 2 atom stereocenters. The molecule has 2 unspecified atom stereocenters. The Morgan fingerprint density at radius 2 is 2.05 bits per heavy atom. The quantitative estimate of drug-likeness (QED) is 0.794. The first kappa shape index (κ1) is 17.2. The number of likely N-dealkylation sites (N-methyl/N-ethyl adjacent to an activating group) is 1. The summed E-state index contributed by atoms with van der Waals surface area (Å²) in [6.45, 7) is 12.4. The number of hydrogen-bond acceptors (Lipinski definition) is 3. The summed E-state index contributed by atoms with van der Waals surface area (Å²) in [5, 5.41) is 7.75. The Hall–Kier alpha value is -0.900. The molecule has 116 valence electrons. The monoisotopic (exact) mass is 280 g/mol. The van der Waals surface area contributed by atoms with Crippen LogP contribution in [0.3, 0.4) is 0 Å². The van der Waals surface area contributed by atoms with E-state index < -0.39 is 0 Å². The maximum atomic E-state index is 4.42. The third-order valence-corrected chi connectivity index (χ3v) is 3.62. The van der Waals surface area contributed by atoms with Crippen molar-refractivity contribution in [2.45, 2.75) is 72.9 Å². The van der Waals surface area contributed by atoms with Crippen LogP contribution in [0.4, 0.5) is 0 Å². The van der Waals surface area contributed by atoms with Gasteiger partial charge in [-0.1, -0.05) is 34.6 Å². The van der Waals surface area contributed by atoms with E-state index in [1.165, 1.54) is 12.8 Å². The summed E-state index contributed by atoms with van der Waals surface area (Å²) in [7, 11) is 2.05. The predicted molar refractivity (Wildman–Crippen MR) is 84.7 cm³/mol. The molecule has 1 heterocycles. The number of hydrogen-bond donors (Lipinski definition) is 1. The van der Waals surface area contributed by atoms with E-state index in [0.717, 1.165) is 31.1 Å². The highest BCUT2D eigenvalue weighted by molar-refractivity contribution is 4.90. The van der Waals surface area contributed by atoms with Crippen molar-refractivity contribution in [1.29, 1.82) is 0 Å². The van der Waals surface area contributed by atoms with Gasteiger partial charge in [-0.3, -0.25) is 4.68 Å². The van der Waals surface area contributed by atoms with Crippen LogP contribution >= 0.6 is 0 Å². The molecule has 1 aromatic heterocycles. The first-order valence-corrected chi connectivity index (χ1v) is 7.89. The number of aromatic nitrogens is 3. The largest absolute Gasteiger partial charge is 0.317 e. The van der Waals surface area contributed by atoms with E-state index in [1.54, 1.807) is 6.33 Å². The van der Waals surface area contributed by atoms with Crippen LogP contribution in [0.1, 0.15) is 59.7 Å². The SMILES string of the molecule is CCCn1ncnc1CC(CC(C)CC(C)(C)C)NC. The summed E-state index contributed by atoms with van der Waals surface area (Å²) in [6.07, 6.45) is 6.18. The van der Waals surface area contributed by atoms with E-state index in [0.29, 0.717) is 11.5 Å². The molecular formula is C16H32N4. The Bertz CT molecular complexity index is 378. The van der Waals surface area contributed by atoms with Crippen molar-refractivity contribution in [3.8, 4) is 0 Å². The third-order valence-electron chi connectivity index (χ3n) is 3.62. The zero-order chi connectivity index (χ0) is 15.2. The van der Waals surface area contributed by atoms with Crippen LogP contribution in [-0.2, 0) is 13.0 Å². The van der Waals surface area contributed by atoms with Crippen LogP contribution in [0.5, 0.6) is 0 Å². The van der Waals surface area contributed by atoms with Gasteiger partial charge < -0.3 is 5.32 Å². The zero-order valence-corrected chi connectivity index (χ0v) is 14.1. The van der Waals surface area contributed by atoms with Gasteiger partial charge in [0, 0.05) is 19.0 Å². The molecule has 0 fully saturated rings. The lowest BCUT2D eigenvalue weighted by Gasteiger charge is -2.26. The van der Waals surface area contributed by atoms with Crippen LogP contribution in [0, 0.1) is 11.3 Å². The molecule has 1 rings (SSSR count). The molecule has 1 N–H and O–H groups in total. The number of aryl methyl sites for hydroxylation is 1. The van der Waals surface area contributed by atoms with E-state index >= 15 is 0 Å². The Morgan fingerprint density at radius 1 is 1.35 bits per heavy atom. The molecule has 0 aliphatic carbocycles. The lowest BCUT2D eigenvalue weighted by atomic mass is 9.82. The standard InChI is InChI=1S/C16H32N4/c1-7-8-20-15(18-12-19-20)10-14(17-6)9-13(2)11-16(3,4)5/h12-14,17H,7-11H2,1-6H3. The first-order chi connectivity index (χ1) is 9.35. The summed E-state index contributed by atoms with van der Waals surface area (Å²) < 4.78 is 2.04. The van der Waals surface area contributed by atoms with Gasteiger partial charge in [-0.15, -0.1) is 0 Å². The second kappa shape index (κ2) is 7.77. The Balaban J connectivity index is 2.56. The number of nitrogens with zero attached hydrogens (tertiary/aromatic N) is 3. The van der Waals surface area contributed by atoms with E-state index in [4.69, 9.17) is 0 Å². The molecule has 1 aromatic rings. The van der Waals surface area contributed by atoms with Gasteiger partial charge in [0.1, 0.15) is 12.2 Å². The normalized spacial score (nSPS) is 15.3. The molecule has 0 spiro atoms. The van der Waals surface area contributed by atoms with Crippen LogP contribution in [0.25, 0.3) is 0 Å². The molecule has 20 heavy (non-hydrogen) atoms. The molecule has 0 saturated carbocycles. The van der Waals surface area contributed by atoms with E-state index in [2.05, 4.69) is 57.1 Å². The lowest BCUT2D eigenvalue weighted by Crippen LogP contribution is -2.31. The van der Waals surface area contributed by atoms with Crippen LogP contribution in [0.15, 0.2) is 6.33 Å². The molecule has 0 aliphatic heterocycles. The summed E-state index contributed by atoms with van der Waals surface area (Å²) in [5.41, 5.74) is 0.403. The van der Waals surface area contributed by atoms with Gasteiger partial charge in [0.15, 0.2) is 0 Å². The molecule has 0 saturated heterocycles. The molecule has 4 nitrogen and oxygen atoms in total. The second-order valence-electron chi connectivity index (χ2n) is 7.19. The van der Waals surface area contributed by atoms with Gasteiger partial charge in [0.05, 0.1) is 0 Å². The summed E-state index contributed by atoms with van der Waals surface area (Å²) in [5.74, 6) is 1.82. The van der Waals surface area contributed by atoms with Crippen molar-refractivity contribution >= 4 is 0 Å². The fourth-order valence-corrected chi connectivity index (χ4v) is 2.98. The van der Waals surface area contributed by atoms with Gasteiger partial charge in [-0.25, -0.2) is 4.98 Å². The fraction of sp³-hybridized carbons (Fsp3) is 0.875. The molecule has 0 amide bonds. The van der Waals surface area contributed by atoms with Crippen molar-refractivity contribution in [3.05, 3.63) is 12.2 Å².